The number of piperazine rings is 1. The SMILES string of the molecule is COC(=O)c1[nH]c2cc(OC)ccc2c1NC(=O)CN1CCN(c2ccccc2F)CC1. The molecule has 1 saturated heterocycles. The summed E-state index contributed by atoms with van der Waals surface area (Å²) in [6.45, 7) is 2.64. The standard InChI is InChI=1S/C23H25FN4O4/c1-31-15-7-8-16-18(13-15)25-22(23(30)32-2)21(16)26-20(29)14-27-9-11-28(12-10-27)19-6-4-3-5-17(19)24/h3-8,13,25H,9-12,14H2,1-2H3,(H,26,29). The molecule has 32 heavy (non-hydrogen) atoms. The fourth-order valence-corrected chi connectivity index (χ4v) is 3.93. The van der Waals surface area contributed by atoms with Crippen molar-refractivity contribution in [3.63, 3.8) is 0 Å². The van der Waals surface area contributed by atoms with Gasteiger partial charge in [-0.1, -0.05) is 12.1 Å². The van der Waals surface area contributed by atoms with Crippen molar-refractivity contribution in [2.45, 2.75) is 0 Å². The molecule has 1 aliphatic rings. The first-order valence-corrected chi connectivity index (χ1v) is 10.3. The topological polar surface area (TPSA) is 86.9 Å². The summed E-state index contributed by atoms with van der Waals surface area (Å²) in [6, 6.07) is 12.0. The highest BCUT2D eigenvalue weighted by molar-refractivity contribution is 6.11. The highest BCUT2D eigenvalue weighted by atomic mass is 19.1. The number of hydrogen-bond acceptors (Lipinski definition) is 6. The Bertz CT molecular complexity index is 1140. The number of benzene rings is 2. The molecular weight excluding hydrogens is 415 g/mol. The molecule has 0 aliphatic carbocycles. The largest absolute Gasteiger partial charge is 0.497 e. The van der Waals surface area contributed by atoms with E-state index in [1.807, 2.05) is 15.9 Å². The molecule has 0 bridgehead atoms. The lowest BCUT2D eigenvalue weighted by Gasteiger charge is -2.35. The highest BCUT2D eigenvalue weighted by Gasteiger charge is 2.24. The van der Waals surface area contributed by atoms with Crippen LogP contribution < -0.4 is 15.0 Å². The van der Waals surface area contributed by atoms with Crippen molar-refractivity contribution in [2.75, 3.05) is 57.2 Å². The molecule has 8 nitrogen and oxygen atoms in total. The summed E-state index contributed by atoms with van der Waals surface area (Å²) in [5.41, 5.74) is 1.78. The van der Waals surface area contributed by atoms with Crippen molar-refractivity contribution in [1.29, 1.82) is 0 Å². The maximum absolute atomic E-state index is 14.0. The summed E-state index contributed by atoms with van der Waals surface area (Å²) in [5.74, 6) is -0.439. The summed E-state index contributed by atoms with van der Waals surface area (Å²) < 4.78 is 24.1. The first-order valence-electron chi connectivity index (χ1n) is 10.3. The number of H-pyrrole nitrogens is 1. The molecule has 2 heterocycles. The summed E-state index contributed by atoms with van der Waals surface area (Å²) in [5, 5.41) is 3.54. The van der Waals surface area contributed by atoms with Gasteiger partial charge in [-0.15, -0.1) is 0 Å². The van der Waals surface area contributed by atoms with Gasteiger partial charge in [-0.3, -0.25) is 9.69 Å². The number of methoxy groups -OCH3 is 2. The predicted molar refractivity (Wildman–Crippen MR) is 120 cm³/mol. The van der Waals surface area contributed by atoms with Crippen LogP contribution in [0.2, 0.25) is 0 Å². The minimum Gasteiger partial charge on any atom is -0.497 e. The number of ether oxygens (including phenoxy) is 2. The van der Waals surface area contributed by atoms with Crippen LogP contribution in [0, 0.1) is 5.82 Å². The number of halogens is 1. The molecule has 0 atom stereocenters. The lowest BCUT2D eigenvalue weighted by atomic mass is 10.2. The summed E-state index contributed by atoms with van der Waals surface area (Å²) in [4.78, 5) is 32.0. The van der Waals surface area contributed by atoms with E-state index in [0.717, 1.165) is 0 Å². The average Bonchev–Trinajstić information content (AvgIpc) is 3.16. The Balaban J connectivity index is 1.44. The number of fused-ring (bicyclic) bond motifs is 1. The summed E-state index contributed by atoms with van der Waals surface area (Å²) >= 11 is 0. The van der Waals surface area contributed by atoms with Gasteiger partial charge in [0.2, 0.25) is 5.91 Å². The number of amides is 1. The van der Waals surface area contributed by atoms with Crippen LogP contribution in [-0.4, -0.2) is 68.7 Å². The first kappa shape index (κ1) is 21.6. The number of aromatic nitrogens is 1. The zero-order chi connectivity index (χ0) is 22.7. The fraction of sp³-hybridized carbons (Fsp3) is 0.304. The molecular formula is C23H25FN4O4. The van der Waals surface area contributed by atoms with E-state index in [1.54, 1.807) is 37.4 Å². The molecule has 2 aromatic carbocycles. The predicted octanol–water partition coefficient (Wildman–Crippen LogP) is 2.86. The minimum atomic E-state index is -0.575. The third-order valence-electron chi connectivity index (χ3n) is 5.59. The van der Waals surface area contributed by atoms with E-state index >= 15 is 0 Å². The number of anilines is 2. The van der Waals surface area contributed by atoms with Crippen LogP contribution in [0.3, 0.4) is 0 Å². The molecule has 1 fully saturated rings. The second-order valence-corrected chi connectivity index (χ2v) is 7.54. The van der Waals surface area contributed by atoms with Crippen molar-refractivity contribution in [2.24, 2.45) is 0 Å². The first-order chi connectivity index (χ1) is 15.5. The highest BCUT2D eigenvalue weighted by Crippen LogP contribution is 2.31. The summed E-state index contributed by atoms with van der Waals surface area (Å²) in [7, 11) is 2.84. The number of rotatable bonds is 6. The van der Waals surface area contributed by atoms with E-state index in [9.17, 15) is 14.0 Å². The van der Waals surface area contributed by atoms with Gasteiger partial charge in [0.1, 0.15) is 17.3 Å². The van der Waals surface area contributed by atoms with E-state index in [0.29, 0.717) is 54.2 Å². The lowest BCUT2D eigenvalue weighted by molar-refractivity contribution is -0.117. The van der Waals surface area contributed by atoms with Gasteiger partial charge in [-0.2, -0.15) is 0 Å². The molecule has 0 unspecified atom stereocenters. The average molecular weight is 440 g/mol. The Morgan fingerprint density at radius 2 is 1.84 bits per heavy atom. The van der Waals surface area contributed by atoms with Crippen LogP contribution in [0.4, 0.5) is 15.8 Å². The molecule has 0 saturated carbocycles. The number of esters is 1. The van der Waals surface area contributed by atoms with Crippen LogP contribution in [0.5, 0.6) is 5.75 Å². The van der Waals surface area contributed by atoms with Gasteiger partial charge < -0.3 is 24.7 Å². The van der Waals surface area contributed by atoms with Crippen molar-refractivity contribution < 1.29 is 23.5 Å². The number of carbonyl (C=O) groups is 2. The Kier molecular flexibility index (Phi) is 6.27. The van der Waals surface area contributed by atoms with Gasteiger partial charge in [0, 0.05) is 37.6 Å². The van der Waals surface area contributed by atoms with Gasteiger partial charge in [0.15, 0.2) is 0 Å². The molecule has 168 valence electrons. The number of nitrogens with zero attached hydrogens (tertiary/aromatic N) is 2. The van der Waals surface area contributed by atoms with Crippen molar-refractivity contribution in [3.8, 4) is 5.75 Å². The van der Waals surface area contributed by atoms with E-state index < -0.39 is 5.97 Å². The third-order valence-corrected chi connectivity index (χ3v) is 5.59. The van der Waals surface area contributed by atoms with Crippen molar-refractivity contribution >= 4 is 34.2 Å². The van der Waals surface area contributed by atoms with Crippen LogP contribution in [0.25, 0.3) is 10.9 Å². The molecule has 2 N–H and O–H groups in total. The van der Waals surface area contributed by atoms with E-state index in [4.69, 9.17) is 9.47 Å². The molecule has 0 radical (unpaired) electrons. The monoisotopic (exact) mass is 440 g/mol. The quantitative estimate of drug-likeness (QED) is 0.574. The summed E-state index contributed by atoms with van der Waals surface area (Å²) in [6.07, 6.45) is 0. The van der Waals surface area contributed by atoms with Crippen molar-refractivity contribution in [3.05, 3.63) is 54.0 Å². The van der Waals surface area contributed by atoms with Gasteiger partial charge in [-0.05, 0) is 24.3 Å². The Morgan fingerprint density at radius 3 is 2.53 bits per heavy atom. The molecule has 4 rings (SSSR count). The number of para-hydroxylation sites is 1. The second kappa shape index (κ2) is 9.27. The number of aromatic amines is 1. The Morgan fingerprint density at radius 1 is 1.09 bits per heavy atom. The van der Waals surface area contributed by atoms with E-state index in [1.165, 1.54) is 13.2 Å². The molecule has 1 amide bonds. The number of carbonyl (C=O) groups excluding carboxylic acids is 2. The Labute approximate surface area is 184 Å². The van der Waals surface area contributed by atoms with E-state index in [-0.39, 0.29) is 24.0 Å². The van der Waals surface area contributed by atoms with Crippen LogP contribution in [0.15, 0.2) is 42.5 Å². The number of nitrogens with one attached hydrogen (secondary N) is 2. The van der Waals surface area contributed by atoms with Crippen LogP contribution in [-0.2, 0) is 9.53 Å². The van der Waals surface area contributed by atoms with E-state index in [2.05, 4.69) is 10.3 Å². The zero-order valence-corrected chi connectivity index (χ0v) is 18.0. The van der Waals surface area contributed by atoms with Crippen molar-refractivity contribution in [1.82, 2.24) is 9.88 Å². The van der Waals surface area contributed by atoms with Crippen LogP contribution in [0.1, 0.15) is 10.5 Å². The molecule has 1 aromatic heterocycles. The van der Waals surface area contributed by atoms with Gasteiger partial charge in [0.25, 0.3) is 0 Å². The Hall–Kier alpha value is -3.59. The second-order valence-electron chi connectivity index (χ2n) is 7.54. The molecule has 9 heteroatoms. The molecule has 3 aromatic rings. The molecule has 1 aliphatic heterocycles. The van der Waals surface area contributed by atoms with Crippen LogP contribution >= 0.6 is 0 Å². The third kappa shape index (κ3) is 4.38. The van der Waals surface area contributed by atoms with Gasteiger partial charge >= 0.3 is 5.97 Å². The molecule has 0 spiro atoms. The fourth-order valence-electron chi connectivity index (χ4n) is 3.93. The maximum Gasteiger partial charge on any atom is 0.356 e. The van der Waals surface area contributed by atoms with Gasteiger partial charge in [-0.25, -0.2) is 9.18 Å². The normalized spacial score (nSPS) is 14.4. The number of hydrogen-bond donors (Lipinski definition) is 2. The minimum absolute atomic E-state index is 0.161. The smallest absolute Gasteiger partial charge is 0.356 e. The van der Waals surface area contributed by atoms with Gasteiger partial charge in [0.05, 0.1) is 37.7 Å². The maximum atomic E-state index is 14.0. The zero-order valence-electron chi connectivity index (χ0n) is 18.0. The lowest BCUT2D eigenvalue weighted by Crippen LogP contribution is -2.49.